The van der Waals surface area contributed by atoms with Gasteiger partial charge in [0, 0.05) is 23.6 Å². The first-order valence-electron chi connectivity index (χ1n) is 9.19. The second-order valence-electron chi connectivity index (χ2n) is 7.16. The van der Waals surface area contributed by atoms with Crippen molar-refractivity contribution >= 4 is 23.0 Å². The number of alkyl halides is 3. The predicted molar refractivity (Wildman–Crippen MR) is 106 cm³/mol. The van der Waals surface area contributed by atoms with Crippen LogP contribution in [0.5, 0.6) is 0 Å². The van der Waals surface area contributed by atoms with Crippen LogP contribution >= 0.6 is 0 Å². The summed E-state index contributed by atoms with van der Waals surface area (Å²) in [5.74, 6) is -1.11. The van der Waals surface area contributed by atoms with Crippen LogP contribution in [-0.4, -0.2) is 22.5 Å². The van der Waals surface area contributed by atoms with Crippen molar-refractivity contribution in [2.24, 2.45) is 0 Å². The summed E-state index contributed by atoms with van der Waals surface area (Å²) in [5, 5.41) is 0. The zero-order valence-electron chi connectivity index (χ0n) is 16.4. The highest BCUT2D eigenvalue weighted by Gasteiger charge is 2.38. The second kappa shape index (κ2) is 7.22. The van der Waals surface area contributed by atoms with Gasteiger partial charge in [0.1, 0.15) is 12.5 Å². The number of nitrogens with zero attached hydrogens (tertiary/aromatic N) is 3. The second-order valence-corrected chi connectivity index (χ2v) is 7.16. The largest absolute Gasteiger partial charge is 0.417 e. The van der Waals surface area contributed by atoms with Gasteiger partial charge in [-0.05, 0) is 49.7 Å². The van der Waals surface area contributed by atoms with Crippen LogP contribution < -0.4 is 15.4 Å². The summed E-state index contributed by atoms with van der Waals surface area (Å²) in [6.45, 7) is 3.06. The average molecular weight is 432 g/mol. The molecule has 1 N–H and O–H groups in total. The van der Waals surface area contributed by atoms with Crippen LogP contribution in [0.3, 0.4) is 0 Å². The van der Waals surface area contributed by atoms with Crippen molar-refractivity contribution < 1.29 is 22.4 Å². The van der Waals surface area contributed by atoms with E-state index in [1.54, 1.807) is 13.8 Å². The molecule has 0 saturated heterocycles. The van der Waals surface area contributed by atoms with Crippen molar-refractivity contribution in [2.75, 3.05) is 16.5 Å². The molecule has 0 atom stereocenters. The van der Waals surface area contributed by atoms with Gasteiger partial charge in [-0.1, -0.05) is 0 Å². The summed E-state index contributed by atoms with van der Waals surface area (Å²) in [4.78, 5) is 33.9. The minimum absolute atomic E-state index is 0.0344. The number of amides is 1. The van der Waals surface area contributed by atoms with Gasteiger partial charge in [-0.25, -0.2) is 9.37 Å². The Bertz CT molecular complexity index is 1250. The quantitative estimate of drug-likeness (QED) is 0.613. The van der Waals surface area contributed by atoms with Gasteiger partial charge in [-0.3, -0.25) is 14.5 Å². The number of halogens is 4. The maximum Gasteiger partial charge on any atom is 0.417 e. The van der Waals surface area contributed by atoms with E-state index in [1.807, 2.05) is 0 Å². The molecular weight excluding hydrogens is 416 g/mol. The number of rotatable bonds is 2. The summed E-state index contributed by atoms with van der Waals surface area (Å²) >= 11 is 0. The lowest BCUT2D eigenvalue weighted by atomic mass is 10.1. The fourth-order valence-electron chi connectivity index (χ4n) is 3.56. The number of aromatic amines is 1. The number of hydrogen-bond donors (Lipinski definition) is 1. The number of nitrogens with one attached hydrogen (secondary N) is 1. The van der Waals surface area contributed by atoms with Crippen molar-refractivity contribution in [3.63, 3.8) is 0 Å². The molecule has 0 unspecified atom stereocenters. The highest BCUT2D eigenvalue weighted by molar-refractivity contribution is 6.11. The third kappa shape index (κ3) is 3.65. The van der Waals surface area contributed by atoms with E-state index in [2.05, 4.69) is 9.97 Å². The number of carbonyl (C=O) groups excluding carboxylic acids is 1. The highest BCUT2D eigenvalue weighted by Crippen LogP contribution is 2.39. The van der Waals surface area contributed by atoms with Crippen molar-refractivity contribution in [3.8, 4) is 0 Å². The Kier molecular flexibility index (Phi) is 4.79. The molecule has 10 heteroatoms. The summed E-state index contributed by atoms with van der Waals surface area (Å²) in [7, 11) is 0. The molecule has 0 aliphatic carbocycles. The normalized spacial score (nSPS) is 14.1. The molecule has 0 saturated carbocycles. The molecule has 0 bridgehead atoms. The molecule has 1 aliphatic heterocycles. The van der Waals surface area contributed by atoms with E-state index in [4.69, 9.17) is 0 Å². The number of aryl methyl sites for hydroxylation is 2. The lowest BCUT2D eigenvalue weighted by molar-refractivity contribution is -0.137. The van der Waals surface area contributed by atoms with Gasteiger partial charge < -0.3 is 9.88 Å². The molecular formula is C21H16F4N4O2. The number of anilines is 3. The third-order valence-electron chi connectivity index (χ3n) is 5.04. The molecule has 3 heterocycles. The first kappa shape index (κ1) is 20.6. The maximum absolute atomic E-state index is 13.6. The highest BCUT2D eigenvalue weighted by atomic mass is 19.4. The van der Waals surface area contributed by atoms with E-state index >= 15 is 0 Å². The van der Waals surface area contributed by atoms with Crippen molar-refractivity contribution in [1.29, 1.82) is 0 Å². The predicted octanol–water partition coefficient (Wildman–Crippen LogP) is 4.30. The number of aromatic nitrogens is 2. The first-order valence-corrected chi connectivity index (χ1v) is 9.19. The average Bonchev–Trinajstić information content (AvgIpc) is 2.68. The third-order valence-corrected chi connectivity index (χ3v) is 5.04. The van der Waals surface area contributed by atoms with Crippen LogP contribution in [0.15, 0.2) is 47.4 Å². The molecule has 2 aromatic heterocycles. The number of carbonyl (C=O) groups is 1. The van der Waals surface area contributed by atoms with Gasteiger partial charge in [-0.2, -0.15) is 13.2 Å². The molecule has 0 fully saturated rings. The standard InChI is InChI=1S/C21H16F4N4O2/c1-11-7-14(22)3-4-15(11)28-10-29(16-5-6-18(30)27-12(16)2)20(31)19-17(28)8-13(9-26-19)21(23,24)25/h3-9H,10H2,1-2H3,(H,27,30). The minimum atomic E-state index is -4.65. The maximum atomic E-state index is 13.6. The van der Waals surface area contributed by atoms with E-state index in [9.17, 15) is 27.2 Å². The summed E-state index contributed by atoms with van der Waals surface area (Å²) < 4.78 is 53.6. The van der Waals surface area contributed by atoms with E-state index in [1.165, 1.54) is 40.1 Å². The van der Waals surface area contributed by atoms with Crippen LogP contribution in [-0.2, 0) is 6.18 Å². The Labute approximate surface area is 173 Å². The fourth-order valence-corrected chi connectivity index (χ4v) is 3.56. The number of benzene rings is 1. The van der Waals surface area contributed by atoms with Crippen LogP contribution in [0.1, 0.15) is 27.3 Å². The zero-order valence-corrected chi connectivity index (χ0v) is 16.4. The molecule has 6 nitrogen and oxygen atoms in total. The molecule has 1 aliphatic rings. The molecule has 0 radical (unpaired) electrons. The molecule has 4 rings (SSSR count). The lowest BCUT2D eigenvalue weighted by Crippen LogP contribution is -2.46. The van der Waals surface area contributed by atoms with Gasteiger partial charge >= 0.3 is 6.18 Å². The van der Waals surface area contributed by atoms with Crippen molar-refractivity contribution in [1.82, 2.24) is 9.97 Å². The molecule has 31 heavy (non-hydrogen) atoms. The first-order chi connectivity index (χ1) is 14.6. The number of H-pyrrole nitrogens is 1. The topological polar surface area (TPSA) is 69.3 Å². The van der Waals surface area contributed by atoms with Crippen LogP contribution in [0.4, 0.5) is 34.6 Å². The monoisotopic (exact) mass is 432 g/mol. The van der Waals surface area contributed by atoms with E-state index in [-0.39, 0.29) is 23.6 Å². The Morgan fingerprint density at radius 3 is 2.32 bits per heavy atom. The van der Waals surface area contributed by atoms with E-state index in [0.717, 1.165) is 6.07 Å². The van der Waals surface area contributed by atoms with E-state index < -0.39 is 23.5 Å². The number of hydrogen-bond acceptors (Lipinski definition) is 4. The van der Waals surface area contributed by atoms with Crippen molar-refractivity contribution in [3.05, 3.63) is 81.3 Å². The van der Waals surface area contributed by atoms with Crippen LogP contribution in [0.2, 0.25) is 0 Å². The summed E-state index contributed by atoms with van der Waals surface area (Å²) in [5.41, 5.74) is 0.0946. The van der Waals surface area contributed by atoms with Gasteiger partial charge in [0.15, 0.2) is 5.69 Å². The van der Waals surface area contributed by atoms with Crippen LogP contribution in [0.25, 0.3) is 0 Å². The molecule has 1 aromatic carbocycles. The summed E-state index contributed by atoms with van der Waals surface area (Å²) in [6, 6.07) is 7.44. The van der Waals surface area contributed by atoms with Crippen molar-refractivity contribution in [2.45, 2.75) is 20.0 Å². The van der Waals surface area contributed by atoms with Gasteiger partial charge in [0.25, 0.3) is 5.91 Å². The Hall–Kier alpha value is -3.69. The Balaban J connectivity index is 1.93. The lowest BCUT2D eigenvalue weighted by Gasteiger charge is -2.38. The van der Waals surface area contributed by atoms with Gasteiger partial charge in [0.2, 0.25) is 5.56 Å². The Morgan fingerprint density at radius 2 is 1.68 bits per heavy atom. The molecule has 0 spiro atoms. The minimum Gasteiger partial charge on any atom is -0.324 e. The zero-order chi connectivity index (χ0) is 22.5. The Morgan fingerprint density at radius 1 is 0.968 bits per heavy atom. The number of pyridine rings is 2. The number of fused-ring (bicyclic) bond motifs is 1. The smallest absolute Gasteiger partial charge is 0.324 e. The van der Waals surface area contributed by atoms with Gasteiger partial charge in [0.05, 0.1) is 16.9 Å². The molecule has 160 valence electrons. The SMILES string of the molecule is Cc1cc(F)ccc1N1CN(c2ccc(=O)[nH]c2C)C(=O)c2ncc(C(F)(F)F)cc21. The van der Waals surface area contributed by atoms with Gasteiger partial charge in [-0.15, -0.1) is 0 Å². The molecule has 3 aromatic rings. The van der Waals surface area contributed by atoms with Crippen LogP contribution in [0, 0.1) is 19.7 Å². The summed E-state index contributed by atoms with van der Waals surface area (Å²) in [6.07, 6.45) is -4.04. The molecule has 1 amide bonds. The van der Waals surface area contributed by atoms with E-state index in [0.29, 0.717) is 28.8 Å². The fraction of sp³-hybridized carbons (Fsp3) is 0.190.